The standard InChI is InChI=1S/C19H25NO3/c1-13-6-9-15(10-7-13)18(3,4)17(21)20-12-19(5,22)16-11-8-14(2)23-16/h6-11,22H,12H2,1-5H3,(H,20,21). The average molecular weight is 315 g/mol. The van der Waals surface area contributed by atoms with Crippen molar-refractivity contribution >= 4 is 5.91 Å². The highest BCUT2D eigenvalue weighted by atomic mass is 16.4. The van der Waals surface area contributed by atoms with Crippen molar-refractivity contribution in [3.8, 4) is 0 Å². The third-order valence-electron chi connectivity index (χ3n) is 4.21. The third-order valence-corrected chi connectivity index (χ3v) is 4.21. The number of furan rings is 1. The maximum absolute atomic E-state index is 12.6. The van der Waals surface area contributed by atoms with Gasteiger partial charge in [-0.15, -0.1) is 0 Å². The Hall–Kier alpha value is -2.07. The van der Waals surface area contributed by atoms with Gasteiger partial charge in [0.15, 0.2) is 0 Å². The van der Waals surface area contributed by atoms with Gasteiger partial charge in [-0.05, 0) is 52.3 Å². The van der Waals surface area contributed by atoms with E-state index in [9.17, 15) is 9.90 Å². The topological polar surface area (TPSA) is 62.5 Å². The van der Waals surface area contributed by atoms with Crippen LogP contribution in [0.15, 0.2) is 40.8 Å². The summed E-state index contributed by atoms with van der Waals surface area (Å²) < 4.78 is 5.46. The summed E-state index contributed by atoms with van der Waals surface area (Å²) >= 11 is 0. The fraction of sp³-hybridized carbons (Fsp3) is 0.421. The van der Waals surface area contributed by atoms with Crippen molar-refractivity contribution in [3.63, 3.8) is 0 Å². The summed E-state index contributed by atoms with van der Waals surface area (Å²) in [6.07, 6.45) is 0. The molecule has 1 aromatic carbocycles. The van der Waals surface area contributed by atoms with E-state index in [1.165, 1.54) is 0 Å². The van der Waals surface area contributed by atoms with Crippen LogP contribution in [0.1, 0.15) is 43.4 Å². The van der Waals surface area contributed by atoms with Crippen LogP contribution in [0.25, 0.3) is 0 Å². The third kappa shape index (κ3) is 3.82. The summed E-state index contributed by atoms with van der Waals surface area (Å²) in [5.41, 5.74) is 0.172. The molecule has 0 spiro atoms. The Kier molecular flexibility index (Phi) is 4.66. The van der Waals surface area contributed by atoms with E-state index in [4.69, 9.17) is 4.42 Å². The Morgan fingerprint density at radius 1 is 1.09 bits per heavy atom. The van der Waals surface area contributed by atoms with Gasteiger partial charge < -0.3 is 14.8 Å². The van der Waals surface area contributed by atoms with Crippen LogP contribution in [-0.2, 0) is 15.8 Å². The maximum atomic E-state index is 12.6. The second-order valence-corrected chi connectivity index (χ2v) is 6.86. The van der Waals surface area contributed by atoms with Crippen molar-refractivity contribution in [2.75, 3.05) is 6.54 Å². The van der Waals surface area contributed by atoms with Crippen LogP contribution in [0.2, 0.25) is 0 Å². The van der Waals surface area contributed by atoms with E-state index in [0.717, 1.165) is 16.9 Å². The first-order chi connectivity index (χ1) is 10.6. The van der Waals surface area contributed by atoms with E-state index in [1.54, 1.807) is 19.1 Å². The fourth-order valence-electron chi connectivity index (χ4n) is 2.39. The minimum absolute atomic E-state index is 0.0913. The fourth-order valence-corrected chi connectivity index (χ4v) is 2.39. The van der Waals surface area contributed by atoms with Crippen LogP contribution < -0.4 is 5.32 Å². The smallest absolute Gasteiger partial charge is 0.230 e. The SMILES string of the molecule is Cc1ccc(C(C)(C)C(=O)NCC(C)(O)c2ccc(C)o2)cc1. The molecule has 0 bridgehead atoms. The second kappa shape index (κ2) is 6.20. The minimum Gasteiger partial charge on any atom is -0.463 e. The Labute approximate surface area is 137 Å². The first-order valence-electron chi connectivity index (χ1n) is 7.78. The van der Waals surface area contributed by atoms with Crippen LogP contribution in [-0.4, -0.2) is 17.6 Å². The van der Waals surface area contributed by atoms with Crippen LogP contribution in [0.4, 0.5) is 0 Å². The van der Waals surface area contributed by atoms with Gasteiger partial charge in [0, 0.05) is 0 Å². The first-order valence-corrected chi connectivity index (χ1v) is 7.78. The van der Waals surface area contributed by atoms with Gasteiger partial charge in [0.05, 0.1) is 12.0 Å². The molecule has 23 heavy (non-hydrogen) atoms. The Balaban J connectivity index is 2.07. The van der Waals surface area contributed by atoms with E-state index in [1.807, 2.05) is 52.0 Å². The first kappa shape index (κ1) is 17.3. The van der Waals surface area contributed by atoms with Gasteiger partial charge in [0.1, 0.15) is 17.1 Å². The number of carbonyl (C=O) groups is 1. The summed E-state index contributed by atoms with van der Waals surface area (Å²) in [6.45, 7) is 9.30. The number of hydrogen-bond donors (Lipinski definition) is 2. The zero-order valence-corrected chi connectivity index (χ0v) is 14.4. The average Bonchev–Trinajstić information content (AvgIpc) is 2.92. The molecule has 2 rings (SSSR count). The predicted molar refractivity (Wildman–Crippen MR) is 90.2 cm³/mol. The van der Waals surface area contributed by atoms with E-state index in [0.29, 0.717) is 5.76 Å². The van der Waals surface area contributed by atoms with Gasteiger partial charge in [-0.1, -0.05) is 29.8 Å². The molecule has 2 aromatic rings. The predicted octanol–water partition coefficient (Wildman–Crippen LogP) is 3.20. The summed E-state index contributed by atoms with van der Waals surface area (Å²) in [6, 6.07) is 11.4. The van der Waals surface area contributed by atoms with Crippen LogP contribution in [0.5, 0.6) is 0 Å². The summed E-state index contributed by atoms with van der Waals surface area (Å²) in [5.74, 6) is 1.04. The van der Waals surface area contributed by atoms with Crippen molar-refractivity contribution in [1.82, 2.24) is 5.32 Å². The number of benzene rings is 1. The van der Waals surface area contributed by atoms with E-state index in [-0.39, 0.29) is 12.5 Å². The Bertz CT molecular complexity index is 681. The lowest BCUT2D eigenvalue weighted by Gasteiger charge is -2.27. The van der Waals surface area contributed by atoms with Gasteiger partial charge >= 0.3 is 0 Å². The Morgan fingerprint density at radius 3 is 2.22 bits per heavy atom. The molecule has 4 heteroatoms. The van der Waals surface area contributed by atoms with Crippen molar-refractivity contribution in [1.29, 1.82) is 0 Å². The highest BCUT2D eigenvalue weighted by molar-refractivity contribution is 5.87. The lowest BCUT2D eigenvalue weighted by Crippen LogP contribution is -2.45. The number of amides is 1. The molecule has 0 saturated heterocycles. The molecule has 0 saturated carbocycles. The molecule has 0 aliphatic heterocycles. The largest absolute Gasteiger partial charge is 0.463 e. The van der Waals surface area contributed by atoms with Crippen LogP contribution >= 0.6 is 0 Å². The number of rotatable bonds is 5. The molecule has 1 atom stereocenters. The molecule has 0 fully saturated rings. The summed E-state index contributed by atoms with van der Waals surface area (Å²) in [4.78, 5) is 12.6. The van der Waals surface area contributed by atoms with Crippen molar-refractivity contribution in [2.45, 2.75) is 45.6 Å². The lowest BCUT2D eigenvalue weighted by molar-refractivity contribution is -0.127. The van der Waals surface area contributed by atoms with Gasteiger partial charge in [0.2, 0.25) is 5.91 Å². The molecule has 1 heterocycles. The zero-order valence-electron chi connectivity index (χ0n) is 14.4. The Morgan fingerprint density at radius 2 is 1.70 bits per heavy atom. The molecule has 1 aromatic heterocycles. The molecular weight excluding hydrogens is 290 g/mol. The number of nitrogens with one attached hydrogen (secondary N) is 1. The molecule has 0 aliphatic rings. The molecule has 0 radical (unpaired) electrons. The van der Waals surface area contributed by atoms with Gasteiger partial charge in [-0.3, -0.25) is 4.79 Å². The number of aliphatic hydroxyl groups is 1. The lowest BCUT2D eigenvalue weighted by atomic mass is 9.83. The van der Waals surface area contributed by atoms with E-state index >= 15 is 0 Å². The van der Waals surface area contributed by atoms with Gasteiger partial charge in [0.25, 0.3) is 0 Å². The molecular formula is C19H25NO3. The normalized spacial score (nSPS) is 14.3. The molecule has 1 unspecified atom stereocenters. The number of aryl methyl sites for hydroxylation is 2. The minimum atomic E-state index is -1.24. The summed E-state index contributed by atoms with van der Waals surface area (Å²) in [7, 11) is 0. The van der Waals surface area contributed by atoms with E-state index in [2.05, 4.69) is 5.32 Å². The van der Waals surface area contributed by atoms with Crippen molar-refractivity contribution < 1.29 is 14.3 Å². The molecule has 4 nitrogen and oxygen atoms in total. The number of carbonyl (C=O) groups excluding carboxylic acids is 1. The summed E-state index contributed by atoms with van der Waals surface area (Å²) in [5, 5.41) is 13.3. The molecule has 0 aliphatic carbocycles. The van der Waals surface area contributed by atoms with Gasteiger partial charge in [-0.25, -0.2) is 0 Å². The number of hydrogen-bond acceptors (Lipinski definition) is 3. The molecule has 2 N–H and O–H groups in total. The van der Waals surface area contributed by atoms with Gasteiger partial charge in [-0.2, -0.15) is 0 Å². The quantitative estimate of drug-likeness (QED) is 0.890. The van der Waals surface area contributed by atoms with Crippen molar-refractivity contribution in [3.05, 3.63) is 59.0 Å². The van der Waals surface area contributed by atoms with Crippen LogP contribution in [0.3, 0.4) is 0 Å². The zero-order chi connectivity index (χ0) is 17.3. The highest BCUT2D eigenvalue weighted by Crippen LogP contribution is 2.25. The maximum Gasteiger partial charge on any atom is 0.230 e. The molecule has 124 valence electrons. The van der Waals surface area contributed by atoms with Crippen molar-refractivity contribution in [2.24, 2.45) is 0 Å². The monoisotopic (exact) mass is 315 g/mol. The molecule has 1 amide bonds. The van der Waals surface area contributed by atoms with Crippen LogP contribution in [0, 0.1) is 13.8 Å². The van der Waals surface area contributed by atoms with E-state index < -0.39 is 11.0 Å². The second-order valence-electron chi connectivity index (χ2n) is 6.86. The highest BCUT2D eigenvalue weighted by Gasteiger charge is 2.33.